The summed E-state index contributed by atoms with van der Waals surface area (Å²) in [6.07, 6.45) is 3.05. The number of hydrogen-bond acceptors (Lipinski definition) is 6. The van der Waals surface area contributed by atoms with Gasteiger partial charge in [0.2, 0.25) is 11.8 Å². The standard InChI is InChI=1S/C22H18FN5O2S/c23-18-13-16(28-31(29)14-15-5-2-1-3-6-15)8-9-20(18)30-21-17(7-4-11-25-21)19-10-12-26-22(24)27-19/h1-13,28H,14H2,(H2,24,26,27). The maximum atomic E-state index is 14.7. The molecule has 2 aromatic heterocycles. The highest BCUT2D eigenvalue weighted by atomic mass is 32.2. The number of ether oxygens (including phenoxy) is 1. The summed E-state index contributed by atoms with van der Waals surface area (Å²) in [6, 6.07) is 18.8. The summed E-state index contributed by atoms with van der Waals surface area (Å²) in [5.74, 6) is -0.0627. The highest BCUT2D eigenvalue weighted by Crippen LogP contribution is 2.32. The molecule has 0 saturated carbocycles. The van der Waals surface area contributed by atoms with Crippen LogP contribution in [0, 0.1) is 5.82 Å². The Hall–Kier alpha value is -3.85. The van der Waals surface area contributed by atoms with Crippen LogP contribution in [-0.2, 0) is 16.7 Å². The normalized spacial score (nSPS) is 11.6. The molecule has 9 heteroatoms. The van der Waals surface area contributed by atoms with Crippen LogP contribution in [0.15, 0.2) is 79.1 Å². The molecule has 31 heavy (non-hydrogen) atoms. The third-order valence-electron chi connectivity index (χ3n) is 4.23. The van der Waals surface area contributed by atoms with Crippen LogP contribution in [0.4, 0.5) is 16.0 Å². The number of halogens is 1. The molecule has 7 nitrogen and oxygen atoms in total. The molecule has 2 aromatic carbocycles. The number of aromatic nitrogens is 3. The van der Waals surface area contributed by atoms with Gasteiger partial charge in [-0.05, 0) is 35.9 Å². The number of anilines is 2. The molecular formula is C22H18FN5O2S. The summed E-state index contributed by atoms with van der Waals surface area (Å²) in [6.45, 7) is 0. The van der Waals surface area contributed by atoms with Crippen LogP contribution in [0.1, 0.15) is 5.56 Å². The lowest BCUT2D eigenvalue weighted by molar-refractivity contribution is 0.429. The largest absolute Gasteiger partial charge is 0.435 e. The van der Waals surface area contributed by atoms with E-state index in [9.17, 15) is 8.60 Å². The minimum Gasteiger partial charge on any atom is -0.435 e. The van der Waals surface area contributed by atoms with E-state index in [0.717, 1.165) is 5.56 Å². The van der Waals surface area contributed by atoms with Crippen LogP contribution in [0.5, 0.6) is 11.6 Å². The van der Waals surface area contributed by atoms with Crippen molar-refractivity contribution in [3.63, 3.8) is 0 Å². The summed E-state index contributed by atoms with van der Waals surface area (Å²) >= 11 is 0. The molecular weight excluding hydrogens is 417 g/mol. The van der Waals surface area contributed by atoms with E-state index in [2.05, 4.69) is 19.7 Å². The van der Waals surface area contributed by atoms with Crippen molar-refractivity contribution in [1.82, 2.24) is 15.0 Å². The van der Waals surface area contributed by atoms with Crippen LogP contribution in [0.3, 0.4) is 0 Å². The third kappa shape index (κ3) is 5.20. The Morgan fingerprint density at radius 2 is 1.84 bits per heavy atom. The fourth-order valence-electron chi connectivity index (χ4n) is 2.84. The van der Waals surface area contributed by atoms with E-state index in [0.29, 0.717) is 22.7 Å². The summed E-state index contributed by atoms with van der Waals surface area (Å²) in [5.41, 5.74) is 8.00. The van der Waals surface area contributed by atoms with Gasteiger partial charge in [0.15, 0.2) is 11.6 Å². The molecule has 0 amide bonds. The Labute approximate surface area is 180 Å². The first-order valence-corrected chi connectivity index (χ1v) is 10.6. The summed E-state index contributed by atoms with van der Waals surface area (Å²) < 4.78 is 35.5. The molecule has 156 valence electrons. The van der Waals surface area contributed by atoms with Crippen LogP contribution in [-0.4, -0.2) is 19.2 Å². The molecule has 4 rings (SSSR count). The number of pyridine rings is 1. The van der Waals surface area contributed by atoms with Crippen LogP contribution >= 0.6 is 0 Å². The van der Waals surface area contributed by atoms with Gasteiger partial charge in [-0.2, -0.15) is 0 Å². The van der Waals surface area contributed by atoms with E-state index >= 15 is 0 Å². The van der Waals surface area contributed by atoms with E-state index in [4.69, 9.17) is 10.5 Å². The van der Waals surface area contributed by atoms with E-state index in [1.807, 2.05) is 30.3 Å². The average molecular weight is 435 g/mol. The zero-order valence-electron chi connectivity index (χ0n) is 16.2. The van der Waals surface area contributed by atoms with Gasteiger partial charge < -0.3 is 15.2 Å². The first-order valence-electron chi connectivity index (χ1n) is 9.29. The first-order chi connectivity index (χ1) is 15.1. The van der Waals surface area contributed by atoms with Gasteiger partial charge in [-0.25, -0.2) is 23.6 Å². The van der Waals surface area contributed by atoms with Crippen LogP contribution in [0.2, 0.25) is 0 Å². The smallest absolute Gasteiger partial charge is 0.228 e. The van der Waals surface area contributed by atoms with Crippen LogP contribution < -0.4 is 15.2 Å². The summed E-state index contributed by atoms with van der Waals surface area (Å²) in [7, 11) is -1.40. The number of nitrogen functional groups attached to an aromatic ring is 1. The molecule has 1 unspecified atom stereocenters. The highest BCUT2D eigenvalue weighted by Gasteiger charge is 2.14. The lowest BCUT2D eigenvalue weighted by atomic mass is 10.2. The monoisotopic (exact) mass is 435 g/mol. The van der Waals surface area contributed by atoms with Gasteiger partial charge in [0, 0.05) is 24.1 Å². The van der Waals surface area contributed by atoms with Crippen molar-refractivity contribution in [2.45, 2.75) is 5.75 Å². The molecule has 0 spiro atoms. The molecule has 0 radical (unpaired) electrons. The Morgan fingerprint density at radius 1 is 1.00 bits per heavy atom. The van der Waals surface area contributed by atoms with E-state index in [1.54, 1.807) is 24.3 Å². The fraction of sp³-hybridized carbons (Fsp3) is 0.0455. The van der Waals surface area contributed by atoms with E-state index < -0.39 is 16.8 Å². The quantitative estimate of drug-likeness (QED) is 0.448. The topological polar surface area (TPSA) is 103 Å². The van der Waals surface area contributed by atoms with Crippen LogP contribution in [0.25, 0.3) is 11.3 Å². The number of rotatable bonds is 7. The molecule has 0 bridgehead atoms. The second kappa shape index (κ2) is 9.31. The second-order valence-electron chi connectivity index (χ2n) is 6.48. The first kappa shape index (κ1) is 20.4. The lowest BCUT2D eigenvalue weighted by Gasteiger charge is -2.12. The van der Waals surface area contributed by atoms with Crippen molar-refractivity contribution in [2.24, 2.45) is 0 Å². The number of hydrogen-bond donors (Lipinski definition) is 2. The zero-order chi connectivity index (χ0) is 21.6. The molecule has 1 atom stereocenters. The lowest BCUT2D eigenvalue weighted by Crippen LogP contribution is -2.07. The van der Waals surface area contributed by atoms with Gasteiger partial charge in [-0.1, -0.05) is 30.3 Å². The molecule has 3 N–H and O–H groups in total. The second-order valence-corrected chi connectivity index (χ2v) is 7.66. The van der Waals surface area contributed by atoms with Gasteiger partial charge in [0.1, 0.15) is 11.0 Å². The Kier molecular flexibility index (Phi) is 6.13. The fourth-order valence-corrected chi connectivity index (χ4v) is 3.79. The van der Waals surface area contributed by atoms with Gasteiger partial charge in [-0.15, -0.1) is 0 Å². The molecule has 0 aliphatic heterocycles. The van der Waals surface area contributed by atoms with Gasteiger partial charge >= 0.3 is 0 Å². The summed E-state index contributed by atoms with van der Waals surface area (Å²) in [4.78, 5) is 12.2. The molecule has 0 fully saturated rings. The van der Waals surface area contributed by atoms with Crippen molar-refractivity contribution in [2.75, 3.05) is 10.5 Å². The molecule has 4 aromatic rings. The van der Waals surface area contributed by atoms with Gasteiger partial charge in [0.25, 0.3) is 0 Å². The number of nitrogens with one attached hydrogen (secondary N) is 1. The minimum absolute atomic E-state index is 0.0265. The Morgan fingerprint density at radius 3 is 2.61 bits per heavy atom. The van der Waals surface area contributed by atoms with Gasteiger partial charge in [0.05, 0.1) is 17.0 Å². The third-order valence-corrected chi connectivity index (χ3v) is 5.29. The zero-order valence-corrected chi connectivity index (χ0v) is 17.1. The number of nitrogens with zero attached hydrogens (tertiary/aromatic N) is 3. The predicted molar refractivity (Wildman–Crippen MR) is 118 cm³/mol. The SMILES string of the molecule is Nc1nccc(-c2cccnc2Oc2ccc(NS(=O)Cc3ccccc3)cc2F)n1. The maximum Gasteiger partial charge on any atom is 0.228 e. The van der Waals surface area contributed by atoms with Crippen molar-refractivity contribution in [3.8, 4) is 22.9 Å². The van der Waals surface area contributed by atoms with Crippen molar-refractivity contribution < 1.29 is 13.3 Å². The molecule has 0 aliphatic rings. The Bertz CT molecular complexity index is 1220. The highest BCUT2D eigenvalue weighted by molar-refractivity contribution is 7.85. The Balaban J connectivity index is 1.50. The molecule has 2 heterocycles. The van der Waals surface area contributed by atoms with Crippen molar-refractivity contribution in [3.05, 3.63) is 90.5 Å². The number of benzene rings is 2. The van der Waals surface area contributed by atoms with Crippen molar-refractivity contribution in [1.29, 1.82) is 0 Å². The molecule has 0 aliphatic carbocycles. The van der Waals surface area contributed by atoms with E-state index in [1.165, 1.54) is 24.5 Å². The predicted octanol–water partition coefficient (Wildman–Crippen LogP) is 4.33. The van der Waals surface area contributed by atoms with E-state index in [-0.39, 0.29) is 17.6 Å². The minimum atomic E-state index is -1.40. The molecule has 0 saturated heterocycles. The average Bonchev–Trinajstić information content (AvgIpc) is 2.76. The maximum absolute atomic E-state index is 14.7. The summed E-state index contributed by atoms with van der Waals surface area (Å²) in [5, 5.41) is 0. The number of nitrogens with two attached hydrogens (primary N) is 1. The van der Waals surface area contributed by atoms with Crippen molar-refractivity contribution >= 4 is 22.6 Å². The van der Waals surface area contributed by atoms with Gasteiger partial charge in [-0.3, -0.25) is 0 Å².